The third kappa shape index (κ3) is 2.82. The Hall–Kier alpha value is -1.36. The summed E-state index contributed by atoms with van der Waals surface area (Å²) in [6.07, 6.45) is 4.26. The molecule has 1 fully saturated rings. The minimum atomic E-state index is -0.173. The molecule has 0 bridgehead atoms. The van der Waals surface area contributed by atoms with Gasteiger partial charge in [-0.15, -0.1) is 0 Å². The van der Waals surface area contributed by atoms with Crippen molar-refractivity contribution in [3.63, 3.8) is 0 Å². The predicted molar refractivity (Wildman–Crippen MR) is 63.6 cm³/mol. The Kier molecular flexibility index (Phi) is 3.24. The molecule has 1 aliphatic rings. The molecule has 0 radical (unpaired) electrons. The van der Waals surface area contributed by atoms with E-state index in [4.69, 9.17) is 0 Å². The molecule has 1 aliphatic carbocycles. The summed E-state index contributed by atoms with van der Waals surface area (Å²) >= 11 is 0. The zero-order valence-electron chi connectivity index (χ0n) is 9.73. The second-order valence-electron chi connectivity index (χ2n) is 4.46. The van der Waals surface area contributed by atoms with Gasteiger partial charge in [0.2, 0.25) is 0 Å². The van der Waals surface area contributed by atoms with Gasteiger partial charge in [-0.25, -0.2) is 5.10 Å². The quantitative estimate of drug-likeness (QED) is 0.768. The Morgan fingerprint density at radius 1 is 1.69 bits per heavy atom. The average molecular weight is 222 g/mol. The lowest BCUT2D eigenvalue weighted by molar-refractivity contribution is 0.257. The van der Waals surface area contributed by atoms with Gasteiger partial charge >= 0.3 is 0 Å². The number of hydrogen-bond acceptors (Lipinski definition) is 4. The summed E-state index contributed by atoms with van der Waals surface area (Å²) in [5.74, 6) is 0. The molecule has 0 aromatic carbocycles. The van der Waals surface area contributed by atoms with Crippen molar-refractivity contribution in [2.45, 2.75) is 31.8 Å². The van der Waals surface area contributed by atoms with Crippen LogP contribution in [0.4, 0.5) is 5.69 Å². The molecule has 1 atom stereocenters. The van der Waals surface area contributed by atoms with Gasteiger partial charge in [-0.1, -0.05) is 0 Å². The van der Waals surface area contributed by atoms with E-state index in [2.05, 4.69) is 34.4 Å². The van der Waals surface area contributed by atoms with Crippen LogP contribution in [0.2, 0.25) is 0 Å². The van der Waals surface area contributed by atoms with Gasteiger partial charge in [-0.2, -0.15) is 5.10 Å². The van der Waals surface area contributed by atoms with Crippen LogP contribution >= 0.6 is 0 Å². The van der Waals surface area contributed by atoms with Gasteiger partial charge in [0.25, 0.3) is 5.56 Å². The Balaban J connectivity index is 1.84. The van der Waals surface area contributed by atoms with E-state index >= 15 is 0 Å². The molecule has 1 saturated carbocycles. The molecule has 1 aromatic rings. The largest absolute Gasteiger partial charge is 0.382 e. The Morgan fingerprint density at radius 2 is 2.44 bits per heavy atom. The highest BCUT2D eigenvalue weighted by Crippen LogP contribution is 2.26. The fourth-order valence-corrected chi connectivity index (χ4v) is 1.72. The second-order valence-corrected chi connectivity index (χ2v) is 4.46. The third-order valence-electron chi connectivity index (χ3n) is 3.08. The number of likely N-dealkylation sites (N-methyl/N-ethyl adjacent to an activating group) is 1. The van der Waals surface area contributed by atoms with Crippen LogP contribution in [0.3, 0.4) is 0 Å². The highest BCUT2D eigenvalue weighted by molar-refractivity contribution is 5.38. The van der Waals surface area contributed by atoms with Crippen LogP contribution in [-0.4, -0.2) is 40.8 Å². The van der Waals surface area contributed by atoms with E-state index in [0.29, 0.717) is 6.04 Å². The normalized spacial score (nSPS) is 17.4. The van der Waals surface area contributed by atoms with Crippen molar-refractivity contribution in [3.8, 4) is 0 Å². The lowest BCUT2D eigenvalue weighted by Gasteiger charge is -2.24. The average Bonchev–Trinajstić information content (AvgIpc) is 3.09. The Labute approximate surface area is 94.9 Å². The van der Waals surface area contributed by atoms with Crippen molar-refractivity contribution in [2.75, 3.05) is 18.9 Å². The fourth-order valence-electron chi connectivity index (χ4n) is 1.72. The smallest absolute Gasteiger partial charge is 0.266 e. The van der Waals surface area contributed by atoms with E-state index in [1.807, 2.05) is 0 Å². The van der Waals surface area contributed by atoms with Crippen molar-refractivity contribution >= 4 is 5.69 Å². The van der Waals surface area contributed by atoms with E-state index in [1.54, 1.807) is 6.20 Å². The minimum Gasteiger partial charge on any atom is -0.382 e. The standard InChI is InChI=1S/C11H18N4O/c1-8(15(2)10-3-4-10)6-12-9-5-11(16)14-13-7-9/h5,7-8,10H,3-4,6H2,1-2H3,(H2,12,14,16). The third-order valence-corrected chi connectivity index (χ3v) is 3.08. The number of aromatic amines is 1. The predicted octanol–water partition coefficient (Wildman–Crippen LogP) is 0.664. The van der Waals surface area contributed by atoms with E-state index in [1.165, 1.54) is 18.9 Å². The van der Waals surface area contributed by atoms with Crippen molar-refractivity contribution in [2.24, 2.45) is 0 Å². The van der Waals surface area contributed by atoms with Crippen LogP contribution in [0.5, 0.6) is 0 Å². The molecule has 2 N–H and O–H groups in total. The molecule has 88 valence electrons. The molecule has 2 rings (SSSR count). The summed E-state index contributed by atoms with van der Waals surface area (Å²) in [6, 6.07) is 2.75. The maximum Gasteiger partial charge on any atom is 0.266 e. The number of aromatic nitrogens is 2. The van der Waals surface area contributed by atoms with Crippen molar-refractivity contribution in [1.82, 2.24) is 15.1 Å². The summed E-state index contributed by atoms with van der Waals surface area (Å²) in [7, 11) is 2.15. The first kappa shape index (κ1) is 11.1. The van der Waals surface area contributed by atoms with Crippen molar-refractivity contribution < 1.29 is 0 Å². The first-order valence-corrected chi connectivity index (χ1v) is 5.67. The van der Waals surface area contributed by atoms with Crippen molar-refractivity contribution in [3.05, 3.63) is 22.6 Å². The van der Waals surface area contributed by atoms with Gasteiger partial charge in [-0.3, -0.25) is 9.69 Å². The van der Waals surface area contributed by atoms with Gasteiger partial charge in [0.05, 0.1) is 11.9 Å². The maximum absolute atomic E-state index is 11.0. The number of H-pyrrole nitrogens is 1. The van der Waals surface area contributed by atoms with Gasteiger partial charge in [0.1, 0.15) is 0 Å². The highest BCUT2D eigenvalue weighted by atomic mass is 16.1. The molecule has 0 amide bonds. The van der Waals surface area contributed by atoms with Gasteiger partial charge < -0.3 is 5.32 Å². The van der Waals surface area contributed by atoms with E-state index in [-0.39, 0.29) is 5.56 Å². The SMILES string of the molecule is CC(CNc1cn[nH]c(=O)c1)N(C)C1CC1. The first-order valence-electron chi connectivity index (χ1n) is 5.67. The van der Waals surface area contributed by atoms with E-state index < -0.39 is 0 Å². The summed E-state index contributed by atoms with van der Waals surface area (Å²) in [5, 5.41) is 9.32. The van der Waals surface area contributed by atoms with Crippen molar-refractivity contribution in [1.29, 1.82) is 0 Å². The summed E-state index contributed by atoms with van der Waals surface area (Å²) < 4.78 is 0. The second kappa shape index (κ2) is 4.65. The van der Waals surface area contributed by atoms with Crippen LogP contribution in [0.15, 0.2) is 17.1 Å². The number of anilines is 1. The molecule has 0 spiro atoms. The number of nitrogens with one attached hydrogen (secondary N) is 2. The Bertz CT molecular complexity index is 399. The number of nitrogens with zero attached hydrogens (tertiary/aromatic N) is 2. The number of rotatable bonds is 5. The van der Waals surface area contributed by atoms with E-state index in [0.717, 1.165) is 18.3 Å². The zero-order chi connectivity index (χ0) is 11.5. The van der Waals surface area contributed by atoms with Crippen LogP contribution in [-0.2, 0) is 0 Å². The lowest BCUT2D eigenvalue weighted by atomic mass is 10.3. The molecule has 1 unspecified atom stereocenters. The summed E-state index contributed by atoms with van der Waals surface area (Å²) in [6.45, 7) is 3.02. The minimum absolute atomic E-state index is 0.173. The summed E-state index contributed by atoms with van der Waals surface area (Å²) in [5.41, 5.74) is 0.605. The van der Waals surface area contributed by atoms with Gasteiger partial charge in [0, 0.05) is 24.7 Å². The molecule has 0 saturated heterocycles. The molecule has 16 heavy (non-hydrogen) atoms. The van der Waals surface area contributed by atoms with Crippen LogP contribution in [0, 0.1) is 0 Å². The zero-order valence-corrected chi connectivity index (χ0v) is 9.73. The molecule has 5 heteroatoms. The molecular formula is C11H18N4O. The molecule has 1 aromatic heterocycles. The lowest BCUT2D eigenvalue weighted by Crippen LogP contribution is -2.36. The molecule has 1 heterocycles. The molecule has 0 aliphatic heterocycles. The summed E-state index contributed by atoms with van der Waals surface area (Å²) in [4.78, 5) is 13.4. The highest BCUT2D eigenvalue weighted by Gasteiger charge is 2.28. The van der Waals surface area contributed by atoms with E-state index in [9.17, 15) is 4.79 Å². The van der Waals surface area contributed by atoms with Gasteiger partial charge in [-0.05, 0) is 26.8 Å². The van der Waals surface area contributed by atoms with Crippen LogP contribution in [0.1, 0.15) is 19.8 Å². The maximum atomic E-state index is 11.0. The molecular weight excluding hydrogens is 204 g/mol. The molecule has 5 nitrogen and oxygen atoms in total. The topological polar surface area (TPSA) is 61.0 Å². The number of hydrogen-bond donors (Lipinski definition) is 2. The first-order chi connectivity index (χ1) is 7.66. The van der Waals surface area contributed by atoms with Crippen LogP contribution in [0.25, 0.3) is 0 Å². The van der Waals surface area contributed by atoms with Gasteiger partial charge in [0.15, 0.2) is 0 Å². The Morgan fingerprint density at radius 3 is 3.06 bits per heavy atom. The fraction of sp³-hybridized carbons (Fsp3) is 0.636. The monoisotopic (exact) mass is 222 g/mol. The van der Waals surface area contributed by atoms with Crippen LogP contribution < -0.4 is 10.9 Å².